The second kappa shape index (κ2) is 13.7. The molecule has 0 N–H and O–H groups in total. The number of fused-ring (bicyclic) bond motifs is 7. The molecule has 4 fully saturated rings. The Hall–Kier alpha value is -3.79. The molecule has 0 aromatic heterocycles. The normalized spacial score (nSPS) is 38.9. The van der Waals surface area contributed by atoms with Gasteiger partial charge in [-0.25, -0.2) is 0 Å². The first-order valence-corrected chi connectivity index (χ1v) is 17.7. The van der Waals surface area contributed by atoms with Crippen LogP contribution in [-0.2, 0) is 33.2 Å². The lowest BCUT2D eigenvalue weighted by molar-refractivity contribution is -0.266. The maximum absolute atomic E-state index is 10.1. The van der Waals surface area contributed by atoms with E-state index in [0.717, 1.165) is 27.8 Å². The van der Waals surface area contributed by atoms with Crippen molar-refractivity contribution < 1.29 is 42.6 Å². The predicted octanol–water partition coefficient (Wildman–Crippen LogP) is 5.60. The highest BCUT2D eigenvalue weighted by Crippen LogP contribution is 2.47. The van der Waals surface area contributed by atoms with Crippen LogP contribution < -0.4 is 9.47 Å². The fraction of sp³-hybridized carbons (Fsp3) is 0.475. The Morgan fingerprint density at radius 2 is 1.62 bits per heavy atom. The number of rotatable bonds is 5. The largest absolute Gasteiger partial charge is 0.497 e. The number of benzene rings is 3. The molecule has 0 aliphatic carbocycles. The molecule has 0 radical (unpaired) electrons. The molecule has 6 aliphatic rings. The molecule has 13 atom stereocenters. The van der Waals surface area contributed by atoms with E-state index in [-0.39, 0.29) is 61.2 Å². The van der Waals surface area contributed by atoms with Crippen LogP contribution in [0.15, 0.2) is 91.0 Å². The molecule has 0 spiro atoms. The van der Waals surface area contributed by atoms with E-state index in [4.69, 9.17) is 42.6 Å². The summed E-state index contributed by atoms with van der Waals surface area (Å²) in [6.07, 6.45) is 5.14. The van der Waals surface area contributed by atoms with Crippen LogP contribution in [0.3, 0.4) is 0 Å². The van der Waals surface area contributed by atoms with Gasteiger partial charge in [-0.3, -0.25) is 0 Å². The minimum absolute atomic E-state index is 0.169. The van der Waals surface area contributed by atoms with Crippen LogP contribution in [0.5, 0.6) is 11.5 Å². The van der Waals surface area contributed by atoms with Crippen LogP contribution in [-0.4, -0.2) is 87.5 Å². The predicted molar refractivity (Wildman–Crippen MR) is 181 cm³/mol. The Kier molecular flexibility index (Phi) is 8.83. The maximum atomic E-state index is 10.1. The number of methoxy groups -OCH3 is 1. The van der Waals surface area contributed by atoms with Gasteiger partial charge in [-0.05, 0) is 30.0 Å². The highest BCUT2D eigenvalue weighted by molar-refractivity contribution is 5.88. The number of hydrogen-bond donors (Lipinski definition) is 0. The third kappa shape index (κ3) is 5.91. The summed E-state index contributed by atoms with van der Waals surface area (Å²) in [5, 5.41) is 12.2. The smallest absolute Gasteiger partial charge is 0.184 e. The van der Waals surface area contributed by atoms with Crippen molar-refractivity contribution in [1.82, 2.24) is 0 Å². The van der Waals surface area contributed by atoms with Gasteiger partial charge in [0.2, 0.25) is 0 Å². The van der Waals surface area contributed by atoms with Gasteiger partial charge in [0, 0.05) is 23.3 Å². The first kappa shape index (κ1) is 32.1. The van der Waals surface area contributed by atoms with E-state index in [1.165, 1.54) is 0 Å². The van der Waals surface area contributed by atoms with E-state index < -0.39 is 24.6 Å². The zero-order valence-corrected chi connectivity index (χ0v) is 27.8. The van der Waals surface area contributed by atoms with Gasteiger partial charge in [0.15, 0.2) is 12.4 Å². The second-order valence-electron chi connectivity index (χ2n) is 13.8. The van der Waals surface area contributed by atoms with Crippen LogP contribution in [0.1, 0.15) is 31.1 Å². The molecule has 6 aliphatic heterocycles. The molecule has 3 aromatic rings. The number of hydrogen-bond acceptors (Lipinski definition) is 10. The van der Waals surface area contributed by atoms with Gasteiger partial charge in [-0.15, -0.1) is 0 Å². The summed E-state index contributed by atoms with van der Waals surface area (Å²) >= 11 is 0. The topological polar surface area (TPSA) is 107 Å². The lowest BCUT2D eigenvalue weighted by Crippen LogP contribution is -2.61. The molecular weight excluding hydrogens is 638 g/mol. The van der Waals surface area contributed by atoms with Crippen LogP contribution in [0.4, 0.5) is 0 Å². The Morgan fingerprint density at radius 3 is 2.50 bits per heavy atom. The minimum Gasteiger partial charge on any atom is -0.497 e. The average molecular weight is 680 g/mol. The lowest BCUT2D eigenvalue weighted by Gasteiger charge is -2.46. The molecule has 10 nitrogen and oxygen atoms in total. The SMILES string of the molecule is COc1ccc([C@@H]2OC[C@H]3O[C@H]4C5C(CC#N)O[C@H]6[C@H](Oc7cccc8ccccc78)[C@H]7OCC=CC[C@@H]7O[C@@H]6CC5O[C@@H]4C=C[C@@H]3O2)cc1. The van der Waals surface area contributed by atoms with Gasteiger partial charge in [-0.2, -0.15) is 5.26 Å². The average Bonchev–Trinajstić information content (AvgIpc) is 3.33. The van der Waals surface area contributed by atoms with Crippen LogP contribution in [0, 0.1) is 17.2 Å². The Labute approximate surface area is 291 Å². The summed E-state index contributed by atoms with van der Waals surface area (Å²) in [6.45, 7) is 0.808. The van der Waals surface area contributed by atoms with Crippen molar-refractivity contribution >= 4 is 10.8 Å². The number of nitrogens with zero attached hydrogens (tertiary/aromatic N) is 1. The molecule has 50 heavy (non-hydrogen) atoms. The van der Waals surface area contributed by atoms with Crippen LogP contribution >= 0.6 is 0 Å². The maximum Gasteiger partial charge on any atom is 0.184 e. The van der Waals surface area contributed by atoms with Crippen molar-refractivity contribution in [1.29, 1.82) is 5.26 Å². The standard InChI is InChI=1S/C40H41NO9/c1-42-25-14-12-24(13-15-25)40-44-22-34-28(50-40)16-17-31-36(49-34)35-29(18-19-41)48-38-33(21-32(35)45-31)46-30-10-4-5-20-43-37(30)39(38)47-27-11-6-8-23-7-2-3-9-26(23)27/h2-9,11-17,28-40H,10,18,20-22H2,1H3/t28-,29?,30-,31+,32?,33+,34+,35?,36+,37-,38+,39+,40+/m0/s1. The van der Waals surface area contributed by atoms with Crippen molar-refractivity contribution in [2.24, 2.45) is 5.92 Å². The fourth-order valence-electron chi connectivity index (χ4n) is 8.55. The molecule has 0 saturated carbocycles. The Balaban J connectivity index is 0.994. The zero-order chi connectivity index (χ0) is 33.6. The van der Waals surface area contributed by atoms with Crippen molar-refractivity contribution in [2.45, 2.75) is 92.7 Å². The Morgan fingerprint density at radius 1 is 0.760 bits per heavy atom. The summed E-state index contributed by atoms with van der Waals surface area (Å²) in [7, 11) is 1.64. The summed E-state index contributed by atoms with van der Waals surface area (Å²) in [6, 6.07) is 24.4. The van der Waals surface area contributed by atoms with Crippen molar-refractivity contribution in [3.63, 3.8) is 0 Å². The van der Waals surface area contributed by atoms with E-state index >= 15 is 0 Å². The molecule has 6 heterocycles. The van der Waals surface area contributed by atoms with Gasteiger partial charge in [0.1, 0.15) is 42.0 Å². The highest BCUT2D eigenvalue weighted by atomic mass is 16.7. The monoisotopic (exact) mass is 679 g/mol. The van der Waals surface area contributed by atoms with E-state index in [9.17, 15) is 5.26 Å². The molecule has 4 saturated heterocycles. The molecule has 0 amide bonds. The van der Waals surface area contributed by atoms with E-state index in [2.05, 4.69) is 36.4 Å². The van der Waals surface area contributed by atoms with Gasteiger partial charge in [0.25, 0.3) is 0 Å². The van der Waals surface area contributed by atoms with Gasteiger partial charge in [-0.1, -0.05) is 72.8 Å². The molecule has 0 bridgehead atoms. The zero-order valence-electron chi connectivity index (χ0n) is 27.8. The van der Waals surface area contributed by atoms with Crippen LogP contribution in [0.25, 0.3) is 10.8 Å². The quantitative estimate of drug-likeness (QED) is 0.317. The number of ether oxygens (including phenoxy) is 9. The van der Waals surface area contributed by atoms with Crippen molar-refractivity contribution in [3.05, 3.63) is 96.6 Å². The highest BCUT2D eigenvalue weighted by Gasteiger charge is 2.59. The van der Waals surface area contributed by atoms with Gasteiger partial charge >= 0.3 is 0 Å². The molecule has 10 heteroatoms. The van der Waals surface area contributed by atoms with E-state index in [0.29, 0.717) is 26.1 Å². The van der Waals surface area contributed by atoms with E-state index in [1.807, 2.05) is 60.7 Å². The fourth-order valence-corrected chi connectivity index (χ4v) is 8.55. The third-order valence-electron chi connectivity index (χ3n) is 10.9. The summed E-state index contributed by atoms with van der Waals surface area (Å²) in [4.78, 5) is 0. The molecule has 9 rings (SSSR count). The molecule has 3 unspecified atom stereocenters. The van der Waals surface area contributed by atoms with Gasteiger partial charge < -0.3 is 42.6 Å². The Bertz CT molecular complexity index is 1770. The summed E-state index contributed by atoms with van der Waals surface area (Å²) in [5.74, 6) is 1.32. The summed E-state index contributed by atoms with van der Waals surface area (Å²) in [5.41, 5.74) is 0.906. The third-order valence-corrected chi connectivity index (χ3v) is 10.9. The van der Waals surface area contributed by atoms with Crippen LogP contribution in [0.2, 0.25) is 0 Å². The minimum atomic E-state index is -0.529. The second-order valence-corrected chi connectivity index (χ2v) is 13.8. The molecule has 260 valence electrons. The van der Waals surface area contributed by atoms with E-state index in [1.54, 1.807) is 7.11 Å². The molecule has 3 aromatic carbocycles. The first-order valence-electron chi connectivity index (χ1n) is 17.7. The van der Waals surface area contributed by atoms with Crippen molar-refractivity contribution in [3.8, 4) is 17.6 Å². The lowest BCUT2D eigenvalue weighted by atomic mass is 9.86. The number of nitriles is 1. The molecular formula is C40H41NO9. The van der Waals surface area contributed by atoms with Crippen molar-refractivity contribution in [2.75, 3.05) is 20.3 Å². The summed E-state index contributed by atoms with van der Waals surface area (Å²) < 4.78 is 58.8. The first-order chi connectivity index (χ1) is 24.7. The van der Waals surface area contributed by atoms with Gasteiger partial charge in [0.05, 0.1) is 63.3 Å².